The minimum atomic E-state index is -0.303. The summed E-state index contributed by atoms with van der Waals surface area (Å²) in [5, 5.41) is 9.63. The monoisotopic (exact) mass is 332 g/mol. The molecule has 0 atom stereocenters. The number of aliphatic hydroxyl groups excluding tert-OH is 1. The number of benzene rings is 1. The summed E-state index contributed by atoms with van der Waals surface area (Å²) in [6, 6.07) is 2.17. The van der Waals surface area contributed by atoms with Crippen molar-refractivity contribution in [2.75, 3.05) is 26.2 Å². The fourth-order valence-electron chi connectivity index (χ4n) is 3.57. The van der Waals surface area contributed by atoms with Crippen molar-refractivity contribution in [2.45, 2.75) is 54.7 Å². The number of carbonyl (C=O) groups is 1. The predicted molar refractivity (Wildman–Crippen MR) is 97.9 cm³/mol. The molecule has 24 heavy (non-hydrogen) atoms. The standard InChI is InChI=1S/C20H32N2O2/c1-14-11-15(2)18(13-23)16(3)17(14)12-21-7-9-22(10-8-21)19(24)20(4,5)6/h11,23H,7-10,12-13H2,1-6H3. The second-order valence-electron chi connectivity index (χ2n) is 8.07. The van der Waals surface area contributed by atoms with Gasteiger partial charge in [0.2, 0.25) is 5.91 Å². The zero-order chi connectivity index (χ0) is 18.1. The third kappa shape index (κ3) is 3.98. The molecule has 1 heterocycles. The highest BCUT2D eigenvalue weighted by atomic mass is 16.3. The van der Waals surface area contributed by atoms with E-state index in [4.69, 9.17) is 0 Å². The van der Waals surface area contributed by atoms with Crippen LogP contribution in [0.2, 0.25) is 0 Å². The Morgan fingerprint density at radius 3 is 2.08 bits per heavy atom. The second-order valence-corrected chi connectivity index (χ2v) is 8.07. The molecule has 2 rings (SSSR count). The quantitative estimate of drug-likeness (QED) is 0.926. The van der Waals surface area contributed by atoms with E-state index in [2.05, 4.69) is 31.7 Å². The molecule has 1 N–H and O–H groups in total. The molecule has 1 saturated heterocycles. The van der Waals surface area contributed by atoms with Crippen molar-refractivity contribution < 1.29 is 9.90 Å². The van der Waals surface area contributed by atoms with Gasteiger partial charge in [0, 0.05) is 38.1 Å². The molecule has 1 aliphatic heterocycles. The highest BCUT2D eigenvalue weighted by Gasteiger charge is 2.29. The molecule has 0 unspecified atom stereocenters. The summed E-state index contributed by atoms with van der Waals surface area (Å²) in [4.78, 5) is 16.8. The van der Waals surface area contributed by atoms with Crippen LogP contribution in [0.3, 0.4) is 0 Å². The van der Waals surface area contributed by atoms with Crippen molar-refractivity contribution in [3.05, 3.63) is 33.9 Å². The van der Waals surface area contributed by atoms with E-state index >= 15 is 0 Å². The van der Waals surface area contributed by atoms with Crippen LogP contribution in [0.1, 0.15) is 48.6 Å². The van der Waals surface area contributed by atoms with E-state index in [1.54, 1.807) is 0 Å². The summed E-state index contributed by atoms with van der Waals surface area (Å²) >= 11 is 0. The molecule has 1 fully saturated rings. The van der Waals surface area contributed by atoms with Crippen LogP contribution in [-0.4, -0.2) is 47.0 Å². The van der Waals surface area contributed by atoms with E-state index in [1.165, 1.54) is 16.7 Å². The highest BCUT2D eigenvalue weighted by molar-refractivity contribution is 5.81. The lowest BCUT2D eigenvalue weighted by atomic mass is 9.93. The van der Waals surface area contributed by atoms with Gasteiger partial charge < -0.3 is 10.0 Å². The van der Waals surface area contributed by atoms with Crippen molar-refractivity contribution in [2.24, 2.45) is 5.41 Å². The maximum Gasteiger partial charge on any atom is 0.228 e. The maximum atomic E-state index is 12.4. The minimum absolute atomic E-state index is 0.0960. The lowest BCUT2D eigenvalue weighted by Gasteiger charge is -2.38. The zero-order valence-corrected chi connectivity index (χ0v) is 16.1. The SMILES string of the molecule is Cc1cc(C)c(CN2CCN(C(=O)C(C)(C)C)CC2)c(C)c1CO. The number of nitrogens with zero attached hydrogens (tertiary/aromatic N) is 2. The average Bonchev–Trinajstić information content (AvgIpc) is 2.50. The maximum absolute atomic E-state index is 12.4. The molecule has 1 aromatic rings. The van der Waals surface area contributed by atoms with Crippen LogP contribution in [-0.2, 0) is 17.9 Å². The molecule has 4 heteroatoms. The Labute approximate surface area is 146 Å². The van der Waals surface area contributed by atoms with Gasteiger partial charge in [-0.3, -0.25) is 9.69 Å². The molecule has 0 spiro atoms. The lowest BCUT2D eigenvalue weighted by molar-refractivity contribution is -0.141. The zero-order valence-electron chi connectivity index (χ0n) is 16.1. The number of hydrogen-bond acceptors (Lipinski definition) is 3. The van der Waals surface area contributed by atoms with Gasteiger partial charge in [-0.05, 0) is 48.6 Å². The van der Waals surface area contributed by atoms with Crippen LogP contribution < -0.4 is 0 Å². The largest absolute Gasteiger partial charge is 0.392 e. The van der Waals surface area contributed by atoms with Gasteiger partial charge in [0.25, 0.3) is 0 Å². The van der Waals surface area contributed by atoms with E-state index in [0.717, 1.165) is 43.9 Å². The normalized spacial score (nSPS) is 16.5. The molecule has 0 bridgehead atoms. The molecule has 4 nitrogen and oxygen atoms in total. The molecule has 134 valence electrons. The van der Waals surface area contributed by atoms with Gasteiger partial charge in [-0.25, -0.2) is 0 Å². The van der Waals surface area contributed by atoms with Crippen LogP contribution in [0.25, 0.3) is 0 Å². The molecule has 0 saturated carbocycles. The van der Waals surface area contributed by atoms with Crippen molar-refractivity contribution in [3.8, 4) is 0 Å². The number of aliphatic hydroxyl groups is 1. The molecule has 1 aliphatic rings. The van der Waals surface area contributed by atoms with Crippen molar-refractivity contribution in [3.63, 3.8) is 0 Å². The summed E-state index contributed by atoms with van der Waals surface area (Å²) in [6.07, 6.45) is 0. The first-order valence-electron chi connectivity index (χ1n) is 8.86. The number of piperazine rings is 1. The summed E-state index contributed by atoms with van der Waals surface area (Å²) in [5.41, 5.74) is 5.73. The number of aryl methyl sites for hydroxylation is 2. The Morgan fingerprint density at radius 2 is 1.58 bits per heavy atom. The van der Waals surface area contributed by atoms with Gasteiger partial charge in [-0.2, -0.15) is 0 Å². The van der Waals surface area contributed by atoms with Crippen LogP contribution in [0.15, 0.2) is 6.07 Å². The molecule has 1 amide bonds. The Hall–Kier alpha value is -1.39. The molecule has 0 aliphatic carbocycles. The molecule has 1 aromatic carbocycles. The summed E-state index contributed by atoms with van der Waals surface area (Å²) in [5.74, 6) is 0.243. The Balaban J connectivity index is 2.06. The summed E-state index contributed by atoms with van der Waals surface area (Å²) < 4.78 is 0. The Bertz CT molecular complexity index is 609. The first-order chi connectivity index (χ1) is 11.1. The fraction of sp³-hybridized carbons (Fsp3) is 0.650. The van der Waals surface area contributed by atoms with E-state index in [9.17, 15) is 9.90 Å². The Kier molecular flexibility index (Phi) is 5.71. The number of hydrogen-bond donors (Lipinski definition) is 1. The van der Waals surface area contributed by atoms with Crippen LogP contribution >= 0.6 is 0 Å². The minimum Gasteiger partial charge on any atom is -0.392 e. The van der Waals surface area contributed by atoms with E-state index in [0.29, 0.717) is 0 Å². The average molecular weight is 332 g/mol. The van der Waals surface area contributed by atoms with Gasteiger partial charge in [-0.1, -0.05) is 26.8 Å². The first-order valence-corrected chi connectivity index (χ1v) is 8.86. The highest BCUT2D eigenvalue weighted by Crippen LogP contribution is 2.25. The van der Waals surface area contributed by atoms with Gasteiger partial charge in [0.15, 0.2) is 0 Å². The summed E-state index contributed by atoms with van der Waals surface area (Å²) in [6.45, 7) is 16.7. The third-order valence-corrected chi connectivity index (χ3v) is 5.13. The fourth-order valence-corrected chi connectivity index (χ4v) is 3.57. The van der Waals surface area contributed by atoms with E-state index in [-0.39, 0.29) is 17.9 Å². The van der Waals surface area contributed by atoms with E-state index in [1.807, 2.05) is 25.7 Å². The topological polar surface area (TPSA) is 43.8 Å². The Morgan fingerprint density at radius 1 is 1.04 bits per heavy atom. The molecular weight excluding hydrogens is 300 g/mol. The lowest BCUT2D eigenvalue weighted by Crippen LogP contribution is -2.51. The summed E-state index contributed by atoms with van der Waals surface area (Å²) in [7, 11) is 0. The molecular formula is C20H32N2O2. The number of amides is 1. The predicted octanol–water partition coefficient (Wildman–Crippen LogP) is 2.79. The van der Waals surface area contributed by atoms with Crippen LogP contribution in [0.5, 0.6) is 0 Å². The van der Waals surface area contributed by atoms with Gasteiger partial charge >= 0.3 is 0 Å². The van der Waals surface area contributed by atoms with Gasteiger partial charge in [-0.15, -0.1) is 0 Å². The number of rotatable bonds is 3. The molecule has 0 radical (unpaired) electrons. The van der Waals surface area contributed by atoms with Gasteiger partial charge in [0.1, 0.15) is 0 Å². The number of carbonyl (C=O) groups excluding carboxylic acids is 1. The van der Waals surface area contributed by atoms with Crippen LogP contribution in [0.4, 0.5) is 0 Å². The van der Waals surface area contributed by atoms with Crippen LogP contribution in [0, 0.1) is 26.2 Å². The third-order valence-electron chi connectivity index (χ3n) is 5.13. The first kappa shape index (κ1) is 18.9. The smallest absolute Gasteiger partial charge is 0.228 e. The van der Waals surface area contributed by atoms with E-state index < -0.39 is 0 Å². The van der Waals surface area contributed by atoms with Crippen molar-refractivity contribution >= 4 is 5.91 Å². The van der Waals surface area contributed by atoms with Crippen molar-refractivity contribution in [1.29, 1.82) is 0 Å². The van der Waals surface area contributed by atoms with Crippen molar-refractivity contribution in [1.82, 2.24) is 9.80 Å². The second kappa shape index (κ2) is 7.24. The van der Waals surface area contributed by atoms with Gasteiger partial charge in [0.05, 0.1) is 6.61 Å². The molecule has 0 aromatic heterocycles.